The first-order chi connectivity index (χ1) is 14.1. The second-order valence-corrected chi connectivity index (χ2v) is 6.40. The van der Waals surface area contributed by atoms with E-state index in [1.165, 1.54) is 7.11 Å². The van der Waals surface area contributed by atoms with Gasteiger partial charge in [-0.25, -0.2) is 9.97 Å². The maximum Gasteiger partial charge on any atom is 0.261 e. The second kappa shape index (κ2) is 7.63. The van der Waals surface area contributed by atoms with Gasteiger partial charge < -0.3 is 14.4 Å². The Kier molecular flexibility index (Phi) is 4.87. The average molecular weight is 388 g/mol. The van der Waals surface area contributed by atoms with Crippen LogP contribution in [0, 0.1) is 0 Å². The van der Waals surface area contributed by atoms with E-state index in [1.807, 2.05) is 47.1 Å². The highest BCUT2D eigenvalue weighted by Crippen LogP contribution is 2.32. The summed E-state index contributed by atoms with van der Waals surface area (Å²) in [5, 5.41) is 0. The largest absolute Gasteiger partial charge is 0.497 e. The molecule has 29 heavy (non-hydrogen) atoms. The van der Waals surface area contributed by atoms with E-state index in [-0.39, 0.29) is 5.91 Å². The maximum absolute atomic E-state index is 13.2. The van der Waals surface area contributed by atoms with Crippen LogP contribution < -0.4 is 14.4 Å². The lowest BCUT2D eigenvalue weighted by atomic mass is 10.1. The summed E-state index contributed by atoms with van der Waals surface area (Å²) in [6, 6.07) is 14.6. The van der Waals surface area contributed by atoms with Gasteiger partial charge in [0, 0.05) is 37.3 Å². The fourth-order valence-electron chi connectivity index (χ4n) is 3.21. The summed E-state index contributed by atoms with van der Waals surface area (Å²) in [6.45, 7) is 0. The quantitative estimate of drug-likeness (QED) is 0.522. The van der Waals surface area contributed by atoms with Crippen molar-refractivity contribution in [2.75, 3.05) is 26.2 Å². The number of imidazole rings is 1. The molecule has 7 nitrogen and oxygen atoms in total. The van der Waals surface area contributed by atoms with Crippen LogP contribution in [0.25, 0.3) is 17.0 Å². The number of carbonyl (C=O) groups is 1. The Hall–Kier alpha value is -3.87. The summed E-state index contributed by atoms with van der Waals surface area (Å²) < 4.78 is 12.5. The van der Waals surface area contributed by atoms with E-state index in [0.29, 0.717) is 22.8 Å². The summed E-state index contributed by atoms with van der Waals surface area (Å²) in [4.78, 5) is 23.7. The van der Waals surface area contributed by atoms with Crippen LogP contribution in [0.2, 0.25) is 0 Å². The zero-order chi connectivity index (χ0) is 20.4. The molecule has 0 spiro atoms. The Balaban J connectivity index is 1.75. The zero-order valence-electron chi connectivity index (χ0n) is 16.4. The van der Waals surface area contributed by atoms with Gasteiger partial charge in [0.15, 0.2) is 0 Å². The van der Waals surface area contributed by atoms with Crippen molar-refractivity contribution >= 4 is 17.4 Å². The van der Waals surface area contributed by atoms with Gasteiger partial charge in [0.25, 0.3) is 5.91 Å². The summed E-state index contributed by atoms with van der Waals surface area (Å²) in [6.07, 6.45) is 5.48. The van der Waals surface area contributed by atoms with Gasteiger partial charge in [-0.1, -0.05) is 18.2 Å². The van der Waals surface area contributed by atoms with E-state index in [9.17, 15) is 4.79 Å². The molecule has 7 heteroatoms. The topological polar surface area (TPSA) is 69.0 Å². The number of para-hydroxylation sites is 1. The number of ether oxygens (including phenoxy) is 2. The third-order valence-electron chi connectivity index (χ3n) is 4.72. The van der Waals surface area contributed by atoms with Gasteiger partial charge in [0.05, 0.1) is 31.2 Å². The molecule has 146 valence electrons. The normalized spacial score (nSPS) is 10.7. The van der Waals surface area contributed by atoms with Crippen LogP contribution >= 0.6 is 0 Å². The number of methoxy groups -OCH3 is 2. The van der Waals surface area contributed by atoms with Gasteiger partial charge in [0.1, 0.15) is 11.5 Å². The van der Waals surface area contributed by atoms with E-state index in [1.54, 1.807) is 43.5 Å². The number of fused-ring (bicyclic) bond motifs is 1. The Morgan fingerprint density at radius 2 is 1.90 bits per heavy atom. The molecule has 0 aliphatic carbocycles. The second-order valence-electron chi connectivity index (χ2n) is 6.40. The zero-order valence-corrected chi connectivity index (χ0v) is 16.4. The van der Waals surface area contributed by atoms with E-state index >= 15 is 0 Å². The van der Waals surface area contributed by atoms with Gasteiger partial charge in [-0.3, -0.25) is 9.20 Å². The highest BCUT2D eigenvalue weighted by Gasteiger charge is 2.21. The molecule has 0 aliphatic heterocycles. The van der Waals surface area contributed by atoms with Crippen LogP contribution in [-0.4, -0.2) is 41.5 Å². The van der Waals surface area contributed by atoms with Gasteiger partial charge in [-0.05, 0) is 24.3 Å². The molecular weight excluding hydrogens is 368 g/mol. The van der Waals surface area contributed by atoms with Crippen molar-refractivity contribution in [3.8, 4) is 22.8 Å². The Morgan fingerprint density at radius 3 is 2.66 bits per heavy atom. The lowest BCUT2D eigenvalue weighted by Crippen LogP contribution is -2.27. The van der Waals surface area contributed by atoms with E-state index < -0.39 is 0 Å². The third-order valence-corrected chi connectivity index (χ3v) is 4.72. The van der Waals surface area contributed by atoms with Crippen molar-refractivity contribution in [1.29, 1.82) is 0 Å². The molecule has 0 saturated heterocycles. The van der Waals surface area contributed by atoms with Crippen LogP contribution in [0.1, 0.15) is 10.4 Å². The molecule has 0 radical (unpaired) electrons. The molecule has 0 aliphatic rings. The number of carbonyl (C=O) groups excluding carboxylic acids is 1. The highest BCUT2D eigenvalue weighted by molar-refractivity contribution is 6.09. The molecule has 2 aromatic heterocycles. The molecule has 0 atom stereocenters. The number of nitrogens with zero attached hydrogens (tertiary/aromatic N) is 4. The number of benzene rings is 2. The third kappa shape index (κ3) is 3.38. The monoisotopic (exact) mass is 388 g/mol. The predicted molar refractivity (Wildman–Crippen MR) is 111 cm³/mol. The van der Waals surface area contributed by atoms with Crippen LogP contribution in [0.5, 0.6) is 11.5 Å². The molecule has 1 amide bonds. The molecule has 2 heterocycles. The molecular formula is C22H20N4O3. The first kappa shape index (κ1) is 18.5. The fraction of sp³-hybridized carbons (Fsp3) is 0.136. The van der Waals surface area contributed by atoms with Crippen LogP contribution in [0.4, 0.5) is 5.69 Å². The number of rotatable bonds is 5. The van der Waals surface area contributed by atoms with E-state index in [4.69, 9.17) is 9.47 Å². The Morgan fingerprint density at radius 1 is 1.07 bits per heavy atom. The van der Waals surface area contributed by atoms with Crippen molar-refractivity contribution < 1.29 is 14.3 Å². The minimum absolute atomic E-state index is 0.196. The van der Waals surface area contributed by atoms with Gasteiger partial charge in [-0.2, -0.15) is 0 Å². The minimum Gasteiger partial charge on any atom is -0.497 e. The molecule has 4 aromatic rings. The van der Waals surface area contributed by atoms with Gasteiger partial charge >= 0.3 is 0 Å². The molecule has 0 saturated carbocycles. The number of aromatic nitrogens is 3. The molecule has 0 N–H and O–H groups in total. The van der Waals surface area contributed by atoms with Crippen molar-refractivity contribution in [2.45, 2.75) is 0 Å². The predicted octanol–water partition coefficient (Wildman–Crippen LogP) is 3.69. The standard InChI is InChI=1S/C22H20N4O3/c1-25(21(27)17-10-9-15(28-2)13-20(17)29-3)19-8-5-4-7-16(19)18-14-26-12-6-11-23-22(26)24-18/h4-14H,1-3H3. The van der Waals surface area contributed by atoms with Crippen molar-refractivity contribution in [1.82, 2.24) is 14.4 Å². The van der Waals surface area contributed by atoms with Crippen LogP contribution in [0.15, 0.2) is 67.1 Å². The maximum atomic E-state index is 13.2. The molecule has 4 rings (SSSR count). The number of amides is 1. The van der Waals surface area contributed by atoms with Gasteiger partial charge in [0.2, 0.25) is 5.78 Å². The average Bonchev–Trinajstić information content (AvgIpc) is 3.21. The SMILES string of the molecule is COc1ccc(C(=O)N(C)c2ccccc2-c2cn3cccnc3n2)c(OC)c1. The Bertz CT molecular complexity index is 1150. The molecule has 0 unspecified atom stereocenters. The summed E-state index contributed by atoms with van der Waals surface area (Å²) in [5.41, 5.74) is 2.75. The van der Waals surface area contributed by atoms with E-state index in [0.717, 1.165) is 16.9 Å². The number of hydrogen-bond acceptors (Lipinski definition) is 5. The molecule has 2 aromatic carbocycles. The summed E-state index contributed by atoms with van der Waals surface area (Å²) in [7, 11) is 4.84. The fourth-order valence-corrected chi connectivity index (χ4v) is 3.21. The highest BCUT2D eigenvalue weighted by atomic mass is 16.5. The lowest BCUT2D eigenvalue weighted by Gasteiger charge is -2.21. The minimum atomic E-state index is -0.196. The first-order valence-corrected chi connectivity index (χ1v) is 9.01. The number of anilines is 1. The van der Waals surface area contributed by atoms with Crippen molar-refractivity contribution in [3.05, 3.63) is 72.7 Å². The van der Waals surface area contributed by atoms with Crippen LogP contribution in [-0.2, 0) is 0 Å². The summed E-state index contributed by atoms with van der Waals surface area (Å²) in [5.74, 6) is 1.48. The van der Waals surface area contributed by atoms with Crippen LogP contribution in [0.3, 0.4) is 0 Å². The van der Waals surface area contributed by atoms with Gasteiger partial charge in [-0.15, -0.1) is 0 Å². The lowest BCUT2D eigenvalue weighted by molar-refractivity contribution is 0.0990. The Labute approximate surface area is 168 Å². The van der Waals surface area contributed by atoms with Crippen molar-refractivity contribution in [2.24, 2.45) is 0 Å². The number of hydrogen-bond donors (Lipinski definition) is 0. The molecule has 0 fully saturated rings. The first-order valence-electron chi connectivity index (χ1n) is 9.01. The smallest absolute Gasteiger partial charge is 0.261 e. The van der Waals surface area contributed by atoms with Crippen molar-refractivity contribution in [3.63, 3.8) is 0 Å². The van der Waals surface area contributed by atoms with E-state index in [2.05, 4.69) is 9.97 Å². The summed E-state index contributed by atoms with van der Waals surface area (Å²) >= 11 is 0. The molecule has 0 bridgehead atoms.